The van der Waals surface area contributed by atoms with Crippen molar-refractivity contribution in [1.82, 2.24) is 0 Å². The Morgan fingerprint density at radius 3 is 2.59 bits per heavy atom. The Hall–Kier alpha value is -2.28. The Kier molecular flexibility index (Phi) is 5.21. The third kappa shape index (κ3) is 3.48. The number of hydrogen-bond donors (Lipinski definition) is 3. The van der Waals surface area contributed by atoms with E-state index in [4.69, 9.17) is 15.9 Å². The fourth-order valence-electron chi connectivity index (χ4n) is 2.33. The Bertz CT molecular complexity index is 673. The van der Waals surface area contributed by atoms with Gasteiger partial charge in [0.15, 0.2) is 0 Å². The first kappa shape index (κ1) is 16.1. The molecule has 2 aromatic rings. The Balaban J connectivity index is 2.53. The number of nitro benzene ring substituents is 1. The summed E-state index contributed by atoms with van der Waals surface area (Å²) in [6.45, 7) is -0.220. The van der Waals surface area contributed by atoms with Gasteiger partial charge in [-0.2, -0.15) is 0 Å². The predicted octanol–water partition coefficient (Wildman–Crippen LogP) is 1.79. The third-order valence-electron chi connectivity index (χ3n) is 3.51. The molecule has 0 saturated heterocycles. The SMILES string of the molecule is NC(CO)c1cccc(-c2cc([N+](=O)[O-])ccc2CCO)c1. The van der Waals surface area contributed by atoms with Crippen LogP contribution in [0.1, 0.15) is 17.2 Å². The number of rotatable bonds is 6. The van der Waals surface area contributed by atoms with Gasteiger partial charge < -0.3 is 15.9 Å². The van der Waals surface area contributed by atoms with Crippen LogP contribution < -0.4 is 5.73 Å². The van der Waals surface area contributed by atoms with Crippen LogP contribution in [0.2, 0.25) is 0 Å². The van der Waals surface area contributed by atoms with Crippen molar-refractivity contribution in [2.75, 3.05) is 13.2 Å². The van der Waals surface area contributed by atoms with Gasteiger partial charge in [0.1, 0.15) is 0 Å². The van der Waals surface area contributed by atoms with Crippen molar-refractivity contribution in [3.63, 3.8) is 0 Å². The molecular weight excluding hydrogens is 284 g/mol. The molecule has 6 heteroatoms. The highest BCUT2D eigenvalue weighted by atomic mass is 16.6. The lowest BCUT2D eigenvalue weighted by molar-refractivity contribution is -0.384. The van der Waals surface area contributed by atoms with Crippen LogP contribution in [0.25, 0.3) is 11.1 Å². The van der Waals surface area contributed by atoms with E-state index in [1.165, 1.54) is 12.1 Å². The number of nitrogens with two attached hydrogens (primary N) is 1. The molecule has 2 rings (SSSR count). The topological polar surface area (TPSA) is 110 Å². The molecule has 0 saturated carbocycles. The van der Waals surface area contributed by atoms with Crippen LogP contribution in [-0.2, 0) is 6.42 Å². The number of nitro groups is 1. The van der Waals surface area contributed by atoms with E-state index in [2.05, 4.69) is 0 Å². The van der Waals surface area contributed by atoms with Gasteiger partial charge >= 0.3 is 0 Å². The molecule has 0 fully saturated rings. The monoisotopic (exact) mass is 302 g/mol. The second kappa shape index (κ2) is 7.13. The van der Waals surface area contributed by atoms with E-state index in [-0.39, 0.29) is 18.9 Å². The van der Waals surface area contributed by atoms with Crippen LogP contribution in [0, 0.1) is 10.1 Å². The molecule has 0 bridgehead atoms. The van der Waals surface area contributed by atoms with Gasteiger partial charge in [-0.25, -0.2) is 0 Å². The molecule has 116 valence electrons. The molecule has 2 aromatic carbocycles. The first-order valence-electron chi connectivity index (χ1n) is 6.91. The lowest BCUT2D eigenvalue weighted by atomic mass is 9.94. The Labute approximate surface area is 128 Å². The quantitative estimate of drug-likeness (QED) is 0.556. The standard InChI is InChI=1S/C16H18N2O4/c17-16(10-20)13-3-1-2-12(8-13)15-9-14(18(21)22)5-4-11(15)6-7-19/h1-5,8-9,16,19-20H,6-7,10,17H2. The van der Waals surface area contributed by atoms with E-state index in [1.54, 1.807) is 24.3 Å². The average Bonchev–Trinajstić information content (AvgIpc) is 2.54. The van der Waals surface area contributed by atoms with Crippen molar-refractivity contribution < 1.29 is 15.1 Å². The predicted molar refractivity (Wildman–Crippen MR) is 83.3 cm³/mol. The normalized spacial score (nSPS) is 12.1. The zero-order valence-electron chi connectivity index (χ0n) is 12.0. The van der Waals surface area contributed by atoms with Crippen molar-refractivity contribution >= 4 is 5.69 Å². The van der Waals surface area contributed by atoms with Gasteiger partial charge in [0.25, 0.3) is 5.69 Å². The Morgan fingerprint density at radius 1 is 1.18 bits per heavy atom. The minimum absolute atomic E-state index is 0.00597. The zero-order chi connectivity index (χ0) is 16.1. The molecule has 1 unspecified atom stereocenters. The van der Waals surface area contributed by atoms with Gasteiger partial charge in [-0.15, -0.1) is 0 Å². The molecule has 0 aliphatic rings. The summed E-state index contributed by atoms with van der Waals surface area (Å²) >= 11 is 0. The molecular formula is C16H18N2O4. The maximum absolute atomic E-state index is 11.0. The fourth-order valence-corrected chi connectivity index (χ4v) is 2.33. The van der Waals surface area contributed by atoms with Gasteiger partial charge in [-0.1, -0.05) is 24.3 Å². The van der Waals surface area contributed by atoms with Crippen LogP contribution in [0.5, 0.6) is 0 Å². The second-order valence-corrected chi connectivity index (χ2v) is 4.99. The number of aliphatic hydroxyl groups excluding tert-OH is 2. The van der Waals surface area contributed by atoms with E-state index < -0.39 is 11.0 Å². The molecule has 0 amide bonds. The first-order chi connectivity index (χ1) is 10.6. The van der Waals surface area contributed by atoms with Gasteiger partial charge in [0, 0.05) is 18.7 Å². The maximum Gasteiger partial charge on any atom is 0.270 e. The lowest BCUT2D eigenvalue weighted by Gasteiger charge is -2.13. The largest absolute Gasteiger partial charge is 0.396 e. The molecule has 6 nitrogen and oxygen atoms in total. The smallest absolute Gasteiger partial charge is 0.270 e. The average molecular weight is 302 g/mol. The second-order valence-electron chi connectivity index (χ2n) is 4.99. The molecule has 0 spiro atoms. The van der Waals surface area contributed by atoms with Crippen molar-refractivity contribution in [2.24, 2.45) is 5.73 Å². The highest BCUT2D eigenvalue weighted by Gasteiger charge is 2.13. The number of hydrogen-bond acceptors (Lipinski definition) is 5. The van der Waals surface area contributed by atoms with Gasteiger partial charge in [0.05, 0.1) is 17.6 Å². The summed E-state index contributed by atoms with van der Waals surface area (Å²) in [5.41, 5.74) is 8.85. The minimum Gasteiger partial charge on any atom is -0.396 e. The number of benzene rings is 2. The summed E-state index contributed by atoms with van der Waals surface area (Å²) < 4.78 is 0. The molecule has 4 N–H and O–H groups in total. The maximum atomic E-state index is 11.0. The molecule has 0 aliphatic carbocycles. The first-order valence-corrected chi connectivity index (χ1v) is 6.91. The summed E-state index contributed by atoms with van der Waals surface area (Å²) in [7, 11) is 0. The Morgan fingerprint density at radius 2 is 1.95 bits per heavy atom. The van der Waals surface area contributed by atoms with E-state index in [0.29, 0.717) is 12.0 Å². The summed E-state index contributed by atoms with van der Waals surface area (Å²) in [5.74, 6) is 0. The van der Waals surface area contributed by atoms with Crippen LogP contribution in [-0.4, -0.2) is 28.4 Å². The molecule has 0 aromatic heterocycles. The van der Waals surface area contributed by atoms with Crippen LogP contribution in [0.4, 0.5) is 5.69 Å². The van der Waals surface area contributed by atoms with E-state index >= 15 is 0 Å². The molecule has 22 heavy (non-hydrogen) atoms. The molecule has 0 heterocycles. The third-order valence-corrected chi connectivity index (χ3v) is 3.51. The van der Waals surface area contributed by atoms with Crippen LogP contribution in [0.15, 0.2) is 42.5 Å². The molecule has 1 atom stereocenters. The number of nitrogens with zero attached hydrogens (tertiary/aromatic N) is 1. The summed E-state index contributed by atoms with van der Waals surface area (Å²) in [6.07, 6.45) is 0.406. The van der Waals surface area contributed by atoms with Gasteiger partial charge in [-0.05, 0) is 34.7 Å². The number of aliphatic hydroxyl groups is 2. The van der Waals surface area contributed by atoms with Crippen LogP contribution >= 0.6 is 0 Å². The van der Waals surface area contributed by atoms with Crippen molar-refractivity contribution in [3.05, 3.63) is 63.7 Å². The van der Waals surface area contributed by atoms with E-state index in [9.17, 15) is 10.1 Å². The van der Waals surface area contributed by atoms with Gasteiger partial charge in [-0.3, -0.25) is 10.1 Å². The van der Waals surface area contributed by atoms with E-state index in [0.717, 1.165) is 16.7 Å². The highest BCUT2D eigenvalue weighted by molar-refractivity contribution is 5.70. The summed E-state index contributed by atoms with van der Waals surface area (Å²) in [6, 6.07) is 11.3. The fraction of sp³-hybridized carbons (Fsp3) is 0.250. The minimum atomic E-state index is -0.500. The number of non-ortho nitro benzene ring substituents is 1. The van der Waals surface area contributed by atoms with E-state index in [1.807, 2.05) is 6.07 Å². The molecule has 0 radical (unpaired) electrons. The highest BCUT2D eigenvalue weighted by Crippen LogP contribution is 2.30. The van der Waals surface area contributed by atoms with Crippen molar-refractivity contribution in [1.29, 1.82) is 0 Å². The van der Waals surface area contributed by atoms with Crippen molar-refractivity contribution in [2.45, 2.75) is 12.5 Å². The van der Waals surface area contributed by atoms with Crippen molar-refractivity contribution in [3.8, 4) is 11.1 Å². The van der Waals surface area contributed by atoms with Crippen LogP contribution in [0.3, 0.4) is 0 Å². The summed E-state index contributed by atoms with van der Waals surface area (Å²) in [5, 5.41) is 29.3. The zero-order valence-corrected chi connectivity index (χ0v) is 12.0. The lowest BCUT2D eigenvalue weighted by Crippen LogP contribution is -2.14. The van der Waals surface area contributed by atoms with Gasteiger partial charge in [0.2, 0.25) is 0 Å². The molecule has 0 aliphatic heterocycles. The summed E-state index contributed by atoms with van der Waals surface area (Å²) in [4.78, 5) is 10.5.